The molecule has 0 amide bonds. The molecule has 1 aromatic carbocycles. The Morgan fingerprint density at radius 2 is 1.94 bits per heavy atom. The van der Waals surface area contributed by atoms with Gasteiger partial charge in [0.1, 0.15) is 23.7 Å². The number of piperidine rings is 1. The van der Waals surface area contributed by atoms with Gasteiger partial charge in [0.2, 0.25) is 5.95 Å². The fraction of sp³-hybridized carbons (Fsp3) is 0.500. The van der Waals surface area contributed by atoms with E-state index in [9.17, 15) is 4.39 Å². The Morgan fingerprint density at radius 3 is 2.62 bits per heavy atom. The third-order valence-electron chi connectivity index (χ3n) is 6.52. The highest BCUT2D eigenvalue weighted by atomic mass is 35.5. The van der Waals surface area contributed by atoms with Crippen molar-refractivity contribution in [1.82, 2.24) is 24.7 Å². The number of benzene rings is 1. The first kappa shape index (κ1) is 22.8. The van der Waals surface area contributed by atoms with Gasteiger partial charge in [-0.3, -0.25) is 0 Å². The SMILES string of the molecule is Cc1cc(N2C[C@H]3CC[C@@H](C2)[C@H]3Nc2nc(Oc3ccc(F)c(Cl)c3)n(CC(C)C)n2)ncn1. The van der Waals surface area contributed by atoms with E-state index in [-0.39, 0.29) is 5.02 Å². The smallest absolute Gasteiger partial charge is 0.322 e. The van der Waals surface area contributed by atoms with Crippen molar-refractivity contribution in [2.75, 3.05) is 23.3 Å². The average Bonchev–Trinajstić information content (AvgIpc) is 3.24. The summed E-state index contributed by atoms with van der Waals surface area (Å²) in [5, 5.41) is 8.30. The van der Waals surface area contributed by atoms with E-state index in [4.69, 9.17) is 21.4 Å². The summed E-state index contributed by atoms with van der Waals surface area (Å²) in [6, 6.07) is 6.97. The van der Waals surface area contributed by atoms with Crippen LogP contribution in [0.25, 0.3) is 0 Å². The molecule has 1 aliphatic carbocycles. The summed E-state index contributed by atoms with van der Waals surface area (Å²) in [6.07, 6.45) is 3.96. The summed E-state index contributed by atoms with van der Waals surface area (Å²) >= 11 is 5.92. The minimum absolute atomic E-state index is 0.00740. The van der Waals surface area contributed by atoms with Gasteiger partial charge < -0.3 is 15.0 Å². The van der Waals surface area contributed by atoms with Crippen molar-refractivity contribution in [1.29, 1.82) is 0 Å². The molecule has 8 nitrogen and oxygen atoms in total. The molecule has 1 saturated heterocycles. The Bertz CT molecular complexity index is 1160. The molecule has 1 N–H and O–H groups in total. The Kier molecular flexibility index (Phi) is 6.29. The zero-order valence-electron chi connectivity index (χ0n) is 19.6. The Hall–Kier alpha value is -2.94. The van der Waals surface area contributed by atoms with Crippen LogP contribution in [0.1, 0.15) is 32.4 Å². The van der Waals surface area contributed by atoms with Crippen LogP contribution in [0.2, 0.25) is 5.02 Å². The van der Waals surface area contributed by atoms with Crippen LogP contribution in [-0.2, 0) is 6.54 Å². The van der Waals surface area contributed by atoms with Crippen LogP contribution < -0.4 is 15.0 Å². The lowest BCUT2D eigenvalue weighted by Crippen LogP contribution is -2.48. The summed E-state index contributed by atoms with van der Waals surface area (Å²) in [6.45, 7) is 8.74. The third-order valence-corrected chi connectivity index (χ3v) is 6.81. The largest absolute Gasteiger partial charge is 0.424 e. The van der Waals surface area contributed by atoms with Crippen molar-refractivity contribution in [2.45, 2.75) is 46.2 Å². The molecule has 1 aliphatic heterocycles. The lowest BCUT2D eigenvalue weighted by atomic mass is 9.92. The van der Waals surface area contributed by atoms with Gasteiger partial charge in [-0.2, -0.15) is 4.98 Å². The van der Waals surface area contributed by atoms with Gasteiger partial charge in [-0.1, -0.05) is 25.4 Å². The summed E-state index contributed by atoms with van der Waals surface area (Å²) in [7, 11) is 0. The second-order valence-corrected chi connectivity index (χ2v) is 10.1. The minimum Gasteiger partial charge on any atom is -0.424 e. The number of hydrogen-bond donors (Lipinski definition) is 1. The number of nitrogens with zero attached hydrogens (tertiary/aromatic N) is 6. The molecule has 0 unspecified atom stereocenters. The summed E-state index contributed by atoms with van der Waals surface area (Å²) in [4.78, 5) is 15.7. The maximum atomic E-state index is 13.5. The summed E-state index contributed by atoms with van der Waals surface area (Å²) in [5.74, 6) is 2.79. The Labute approximate surface area is 203 Å². The molecule has 34 heavy (non-hydrogen) atoms. The van der Waals surface area contributed by atoms with E-state index in [0.717, 1.165) is 37.4 Å². The van der Waals surface area contributed by atoms with Crippen LogP contribution in [0.3, 0.4) is 0 Å². The molecule has 180 valence electrons. The van der Waals surface area contributed by atoms with Crippen molar-refractivity contribution < 1.29 is 9.13 Å². The van der Waals surface area contributed by atoms with Crippen molar-refractivity contribution in [3.05, 3.63) is 47.1 Å². The van der Waals surface area contributed by atoms with Crippen LogP contribution >= 0.6 is 11.6 Å². The second kappa shape index (κ2) is 9.37. The highest BCUT2D eigenvalue weighted by Gasteiger charge is 2.43. The van der Waals surface area contributed by atoms with Gasteiger partial charge in [-0.05, 0) is 49.7 Å². The molecule has 1 saturated carbocycles. The summed E-state index contributed by atoms with van der Waals surface area (Å²) in [5.41, 5.74) is 0.979. The predicted octanol–water partition coefficient (Wildman–Crippen LogP) is 4.94. The first-order chi connectivity index (χ1) is 16.4. The number of fused-ring (bicyclic) bond motifs is 2. The van der Waals surface area contributed by atoms with Gasteiger partial charge in [0, 0.05) is 43.5 Å². The zero-order chi connectivity index (χ0) is 23.8. The van der Waals surface area contributed by atoms with Gasteiger partial charge in [0.05, 0.1) is 5.02 Å². The van der Waals surface area contributed by atoms with Crippen LogP contribution in [0.5, 0.6) is 11.8 Å². The third kappa shape index (κ3) is 4.80. The first-order valence-electron chi connectivity index (χ1n) is 11.7. The Morgan fingerprint density at radius 1 is 1.18 bits per heavy atom. The van der Waals surface area contributed by atoms with Crippen LogP contribution in [0.4, 0.5) is 16.2 Å². The maximum Gasteiger partial charge on any atom is 0.322 e. The van der Waals surface area contributed by atoms with Crippen LogP contribution in [0, 0.1) is 30.5 Å². The summed E-state index contributed by atoms with van der Waals surface area (Å²) < 4.78 is 21.2. The number of nitrogens with one attached hydrogen (secondary N) is 1. The molecule has 0 spiro atoms. The van der Waals surface area contributed by atoms with E-state index in [2.05, 4.69) is 39.0 Å². The number of aryl methyl sites for hydroxylation is 1. The fourth-order valence-corrected chi connectivity index (χ4v) is 5.15. The standard InChI is InChI=1S/C24H29ClFN7O/c1-14(2)10-33-24(34-18-6-7-20(26)19(25)9-18)30-23(31-33)29-22-16-4-5-17(22)12-32(11-16)21-8-15(3)27-13-28-21/h6-9,13-14,16-17,22H,4-5,10-12H2,1-3H3,(H,29,31)/t16-,17+,22+. The van der Waals surface area contributed by atoms with Gasteiger partial charge in [-0.15, -0.1) is 5.10 Å². The second-order valence-electron chi connectivity index (χ2n) is 9.66. The number of anilines is 2. The Balaban J connectivity index is 1.33. The van der Waals surface area contributed by atoms with E-state index >= 15 is 0 Å². The quantitative estimate of drug-likeness (QED) is 0.507. The fourth-order valence-electron chi connectivity index (χ4n) is 4.98. The van der Waals surface area contributed by atoms with Crippen molar-refractivity contribution in [3.63, 3.8) is 0 Å². The molecule has 3 atom stereocenters. The molecule has 2 aliphatic rings. The molecule has 3 heterocycles. The number of halogens is 2. The lowest BCUT2D eigenvalue weighted by molar-refractivity contribution is 0.370. The van der Waals surface area contributed by atoms with Gasteiger partial charge >= 0.3 is 6.01 Å². The van der Waals surface area contributed by atoms with Crippen LogP contribution in [0.15, 0.2) is 30.6 Å². The molecule has 2 aromatic heterocycles. The molecule has 10 heteroatoms. The number of aromatic nitrogens is 5. The van der Waals surface area contributed by atoms with Crippen LogP contribution in [-0.4, -0.2) is 43.9 Å². The number of ether oxygens (including phenoxy) is 1. The van der Waals surface area contributed by atoms with Crippen molar-refractivity contribution in [2.24, 2.45) is 17.8 Å². The maximum absolute atomic E-state index is 13.5. The molecule has 2 bridgehead atoms. The van der Waals surface area contributed by atoms with E-state index < -0.39 is 5.82 Å². The van der Waals surface area contributed by atoms with Gasteiger partial charge in [0.15, 0.2) is 0 Å². The van der Waals surface area contributed by atoms with E-state index in [0.29, 0.717) is 48.0 Å². The van der Waals surface area contributed by atoms with Gasteiger partial charge in [-0.25, -0.2) is 19.0 Å². The molecule has 5 rings (SSSR count). The predicted molar refractivity (Wildman–Crippen MR) is 129 cm³/mol. The lowest BCUT2D eigenvalue weighted by Gasteiger charge is -2.38. The normalized spacial score (nSPS) is 21.8. The van der Waals surface area contributed by atoms with E-state index in [1.807, 2.05) is 13.0 Å². The van der Waals surface area contributed by atoms with Crippen molar-refractivity contribution in [3.8, 4) is 11.8 Å². The van der Waals surface area contributed by atoms with Crippen molar-refractivity contribution >= 4 is 23.4 Å². The topological polar surface area (TPSA) is 81.0 Å². The molecule has 3 aromatic rings. The molecule has 0 radical (unpaired) electrons. The highest BCUT2D eigenvalue weighted by molar-refractivity contribution is 6.30. The molecule has 2 fully saturated rings. The minimum atomic E-state index is -0.487. The van der Waals surface area contributed by atoms with Gasteiger partial charge in [0.25, 0.3) is 0 Å². The zero-order valence-corrected chi connectivity index (χ0v) is 20.3. The first-order valence-corrected chi connectivity index (χ1v) is 12.1. The molecular formula is C24H29ClFN7O. The van der Waals surface area contributed by atoms with E-state index in [1.54, 1.807) is 11.0 Å². The molecular weight excluding hydrogens is 457 g/mol. The monoisotopic (exact) mass is 485 g/mol. The van der Waals surface area contributed by atoms with E-state index in [1.165, 1.54) is 18.2 Å². The highest BCUT2D eigenvalue weighted by Crippen LogP contribution is 2.40. The average molecular weight is 486 g/mol. The number of rotatable bonds is 7. The number of hydrogen-bond acceptors (Lipinski definition) is 7.